The van der Waals surface area contributed by atoms with Crippen molar-refractivity contribution in [3.63, 3.8) is 0 Å². The molecule has 0 nitrogen and oxygen atoms in total. The van der Waals surface area contributed by atoms with E-state index in [9.17, 15) is 8.78 Å². The van der Waals surface area contributed by atoms with Crippen molar-refractivity contribution in [1.82, 2.24) is 0 Å². The van der Waals surface area contributed by atoms with Gasteiger partial charge in [-0.25, -0.2) is 8.78 Å². The first-order valence-corrected chi connectivity index (χ1v) is 10.1. The van der Waals surface area contributed by atoms with Gasteiger partial charge in [0.1, 0.15) is 11.6 Å². The maximum Gasteiger partial charge on any atom is 0.131 e. The highest BCUT2D eigenvalue weighted by Gasteiger charge is 2.10. The smallest absolute Gasteiger partial charge is 0.131 e. The summed E-state index contributed by atoms with van der Waals surface area (Å²) in [5, 5.41) is 4.12. The molecule has 0 amide bonds. The third kappa shape index (κ3) is 3.77. The second-order valence-corrected chi connectivity index (χ2v) is 7.49. The summed E-state index contributed by atoms with van der Waals surface area (Å²) >= 11 is 0. The molecule has 0 heterocycles. The standard InChI is InChI=1S/C26H24F2/c1-2-3-4-5-6-18-7-14-23-20(15-18)8-9-21-16-25(26(28)17-24(21)23)19-10-12-22(27)13-11-19/h7-17H,2-6H2,1H3. The molecule has 2 heteroatoms. The van der Waals surface area contributed by atoms with Crippen LogP contribution in [0.25, 0.3) is 32.7 Å². The minimum Gasteiger partial charge on any atom is -0.207 e. The fourth-order valence-corrected chi connectivity index (χ4v) is 3.90. The monoisotopic (exact) mass is 374 g/mol. The van der Waals surface area contributed by atoms with E-state index in [-0.39, 0.29) is 11.6 Å². The second kappa shape index (κ2) is 8.10. The lowest BCUT2D eigenvalue weighted by atomic mass is 9.95. The molecule has 0 aliphatic heterocycles. The van der Waals surface area contributed by atoms with E-state index >= 15 is 0 Å². The van der Waals surface area contributed by atoms with E-state index in [0.717, 1.165) is 28.0 Å². The molecule has 0 spiro atoms. The fourth-order valence-electron chi connectivity index (χ4n) is 3.90. The van der Waals surface area contributed by atoms with Crippen LogP contribution in [0.1, 0.15) is 38.2 Å². The van der Waals surface area contributed by atoms with Gasteiger partial charge in [-0.15, -0.1) is 0 Å². The van der Waals surface area contributed by atoms with Crippen molar-refractivity contribution >= 4 is 21.5 Å². The first-order valence-electron chi connectivity index (χ1n) is 10.1. The molecule has 0 aliphatic carbocycles. The summed E-state index contributed by atoms with van der Waals surface area (Å²) in [5.41, 5.74) is 2.52. The summed E-state index contributed by atoms with van der Waals surface area (Å²) in [6.07, 6.45) is 6.10. The van der Waals surface area contributed by atoms with E-state index in [1.54, 1.807) is 18.2 Å². The Kier molecular flexibility index (Phi) is 5.38. The number of hydrogen-bond donors (Lipinski definition) is 0. The minimum absolute atomic E-state index is 0.282. The highest BCUT2D eigenvalue weighted by Crippen LogP contribution is 2.32. The van der Waals surface area contributed by atoms with Gasteiger partial charge in [-0.3, -0.25) is 0 Å². The van der Waals surface area contributed by atoms with Crippen molar-refractivity contribution in [2.75, 3.05) is 0 Å². The largest absolute Gasteiger partial charge is 0.207 e. The number of unbranched alkanes of at least 4 members (excludes halogenated alkanes) is 3. The number of benzene rings is 4. The Morgan fingerprint density at radius 2 is 1.43 bits per heavy atom. The molecule has 0 radical (unpaired) electrons. The van der Waals surface area contributed by atoms with Crippen LogP contribution in [0.3, 0.4) is 0 Å². The van der Waals surface area contributed by atoms with Crippen LogP contribution in [-0.4, -0.2) is 0 Å². The Hall–Kier alpha value is -2.74. The molecule has 0 bridgehead atoms. The van der Waals surface area contributed by atoms with Gasteiger partial charge in [0.15, 0.2) is 0 Å². The Labute approximate surface area is 164 Å². The van der Waals surface area contributed by atoms with Crippen LogP contribution >= 0.6 is 0 Å². The molecular formula is C26H24F2. The van der Waals surface area contributed by atoms with Crippen molar-refractivity contribution in [2.45, 2.75) is 39.0 Å². The van der Waals surface area contributed by atoms with Gasteiger partial charge in [0, 0.05) is 5.56 Å². The molecule has 4 rings (SSSR count). The second-order valence-electron chi connectivity index (χ2n) is 7.49. The van der Waals surface area contributed by atoms with Crippen LogP contribution in [0.5, 0.6) is 0 Å². The molecule has 142 valence electrons. The molecule has 4 aromatic rings. The van der Waals surface area contributed by atoms with Crippen LogP contribution < -0.4 is 0 Å². The summed E-state index contributed by atoms with van der Waals surface area (Å²) in [4.78, 5) is 0. The lowest BCUT2D eigenvalue weighted by Crippen LogP contribution is -1.89. The highest BCUT2D eigenvalue weighted by molar-refractivity contribution is 6.08. The van der Waals surface area contributed by atoms with Gasteiger partial charge in [-0.05, 0) is 69.8 Å². The van der Waals surface area contributed by atoms with Gasteiger partial charge in [0.2, 0.25) is 0 Å². The van der Waals surface area contributed by atoms with Gasteiger partial charge in [-0.1, -0.05) is 68.7 Å². The zero-order valence-corrected chi connectivity index (χ0v) is 16.1. The molecule has 28 heavy (non-hydrogen) atoms. The number of halogens is 2. The Morgan fingerprint density at radius 1 is 0.679 bits per heavy atom. The van der Waals surface area contributed by atoms with Crippen molar-refractivity contribution in [3.8, 4) is 11.1 Å². The predicted octanol–water partition coefficient (Wildman–Crippen LogP) is 8.06. The average molecular weight is 374 g/mol. The summed E-state index contributed by atoms with van der Waals surface area (Å²) in [6, 6.07) is 20.1. The van der Waals surface area contributed by atoms with Gasteiger partial charge < -0.3 is 0 Å². The third-order valence-electron chi connectivity index (χ3n) is 5.46. The Balaban J connectivity index is 1.71. The van der Waals surface area contributed by atoms with Crippen LogP contribution in [0.15, 0.2) is 66.7 Å². The van der Waals surface area contributed by atoms with Gasteiger partial charge in [0.25, 0.3) is 0 Å². The molecule has 0 atom stereocenters. The molecule has 0 N–H and O–H groups in total. The van der Waals surface area contributed by atoms with Crippen molar-refractivity contribution < 1.29 is 8.78 Å². The zero-order valence-electron chi connectivity index (χ0n) is 16.1. The third-order valence-corrected chi connectivity index (χ3v) is 5.46. The highest BCUT2D eigenvalue weighted by atomic mass is 19.1. The lowest BCUT2D eigenvalue weighted by Gasteiger charge is -2.10. The Morgan fingerprint density at radius 3 is 2.18 bits per heavy atom. The normalized spacial score (nSPS) is 11.4. The van der Waals surface area contributed by atoms with E-state index in [4.69, 9.17) is 0 Å². The minimum atomic E-state index is -0.318. The summed E-state index contributed by atoms with van der Waals surface area (Å²) in [7, 11) is 0. The topological polar surface area (TPSA) is 0 Å². The molecule has 0 fully saturated rings. The number of hydrogen-bond acceptors (Lipinski definition) is 0. The van der Waals surface area contributed by atoms with E-state index in [1.807, 2.05) is 12.1 Å². The molecule has 4 aromatic carbocycles. The van der Waals surface area contributed by atoms with Crippen molar-refractivity contribution in [1.29, 1.82) is 0 Å². The quantitative estimate of drug-likeness (QED) is 0.236. The van der Waals surface area contributed by atoms with Gasteiger partial charge in [-0.2, -0.15) is 0 Å². The number of rotatable bonds is 6. The lowest BCUT2D eigenvalue weighted by molar-refractivity contribution is 0.626. The summed E-state index contributed by atoms with van der Waals surface area (Å²) < 4.78 is 28.0. The van der Waals surface area contributed by atoms with Crippen LogP contribution in [0.4, 0.5) is 8.78 Å². The van der Waals surface area contributed by atoms with E-state index in [2.05, 4.69) is 31.2 Å². The number of fused-ring (bicyclic) bond motifs is 3. The average Bonchev–Trinajstić information content (AvgIpc) is 2.71. The van der Waals surface area contributed by atoms with Crippen molar-refractivity contribution in [2.24, 2.45) is 0 Å². The molecule has 0 unspecified atom stereocenters. The summed E-state index contributed by atoms with van der Waals surface area (Å²) in [5.74, 6) is -0.600. The van der Waals surface area contributed by atoms with E-state index < -0.39 is 0 Å². The predicted molar refractivity (Wildman–Crippen MR) is 115 cm³/mol. The fraction of sp³-hybridized carbons (Fsp3) is 0.231. The zero-order chi connectivity index (χ0) is 19.5. The molecule has 0 saturated carbocycles. The SMILES string of the molecule is CCCCCCc1ccc2c(ccc3cc(-c4ccc(F)cc4)c(F)cc32)c1. The van der Waals surface area contributed by atoms with Crippen LogP contribution in [0, 0.1) is 11.6 Å². The molecular weight excluding hydrogens is 350 g/mol. The molecule has 0 aromatic heterocycles. The first kappa shape index (κ1) is 18.6. The van der Waals surface area contributed by atoms with E-state index in [0.29, 0.717) is 11.1 Å². The Bertz CT molecular complexity index is 1110. The van der Waals surface area contributed by atoms with E-state index in [1.165, 1.54) is 43.4 Å². The molecule has 0 saturated heterocycles. The maximum atomic E-state index is 14.9. The van der Waals surface area contributed by atoms with Crippen LogP contribution in [0.2, 0.25) is 0 Å². The maximum absolute atomic E-state index is 14.9. The molecule has 0 aliphatic rings. The van der Waals surface area contributed by atoms with Gasteiger partial charge in [0.05, 0.1) is 0 Å². The van der Waals surface area contributed by atoms with Gasteiger partial charge >= 0.3 is 0 Å². The summed E-state index contributed by atoms with van der Waals surface area (Å²) in [6.45, 7) is 2.22. The first-order chi connectivity index (χ1) is 13.7. The number of aryl methyl sites for hydroxylation is 1. The van der Waals surface area contributed by atoms with Crippen molar-refractivity contribution in [3.05, 3.63) is 83.9 Å². The van der Waals surface area contributed by atoms with Crippen LogP contribution in [-0.2, 0) is 6.42 Å².